The van der Waals surface area contributed by atoms with Gasteiger partial charge in [0.2, 0.25) is 0 Å². The molecular formula is C11H12BrClO2. The molecule has 0 amide bonds. The largest absolute Gasteiger partial charge is 0.493 e. The zero-order chi connectivity index (χ0) is 11.4. The number of carbonyl (C=O) groups is 1. The molecule has 0 aromatic heterocycles. The van der Waals surface area contributed by atoms with Gasteiger partial charge in [0.1, 0.15) is 11.1 Å². The summed E-state index contributed by atoms with van der Waals surface area (Å²) in [5, 5.41) is -0.665. The first-order valence-electron chi connectivity index (χ1n) is 4.63. The molecule has 0 saturated heterocycles. The van der Waals surface area contributed by atoms with Crippen molar-refractivity contribution in [3.8, 4) is 5.75 Å². The number of hydrogen-bond donors (Lipinski definition) is 0. The van der Waals surface area contributed by atoms with Crippen LogP contribution in [0.1, 0.15) is 24.8 Å². The molecule has 2 nitrogen and oxygen atoms in total. The lowest BCUT2D eigenvalue weighted by Gasteiger charge is -2.14. The predicted molar refractivity (Wildman–Crippen MR) is 64.6 cm³/mol. The molecule has 0 radical (unpaired) electrons. The highest BCUT2D eigenvalue weighted by Gasteiger charge is 2.20. The van der Waals surface area contributed by atoms with E-state index < -0.39 is 5.38 Å². The first kappa shape index (κ1) is 12.5. The Morgan fingerprint density at radius 2 is 2.27 bits per heavy atom. The summed E-state index contributed by atoms with van der Waals surface area (Å²) in [6.07, 6.45) is 0. The summed E-state index contributed by atoms with van der Waals surface area (Å²) in [4.78, 5) is 11.2. The maximum Gasteiger partial charge on any atom is 0.152 e. The van der Waals surface area contributed by atoms with Gasteiger partial charge in [-0.2, -0.15) is 0 Å². The number of carbonyl (C=O) groups excluding carboxylic acids is 1. The third kappa shape index (κ3) is 2.95. The normalized spacial score (nSPS) is 12.3. The first-order valence-corrected chi connectivity index (χ1v) is 5.86. The molecule has 1 aromatic carbocycles. The van der Waals surface area contributed by atoms with E-state index in [0.717, 1.165) is 4.47 Å². The van der Waals surface area contributed by atoms with Crippen molar-refractivity contribution in [2.75, 3.05) is 6.61 Å². The molecule has 0 saturated carbocycles. The molecule has 4 heteroatoms. The van der Waals surface area contributed by atoms with Gasteiger partial charge in [-0.25, -0.2) is 0 Å². The molecule has 0 spiro atoms. The van der Waals surface area contributed by atoms with Gasteiger partial charge in [-0.1, -0.05) is 22.0 Å². The number of rotatable bonds is 4. The van der Waals surface area contributed by atoms with Crippen LogP contribution in [0.2, 0.25) is 0 Å². The Bertz CT molecular complexity index is 366. The first-order chi connectivity index (χ1) is 7.07. The average molecular weight is 292 g/mol. The van der Waals surface area contributed by atoms with Crippen LogP contribution in [0.25, 0.3) is 0 Å². The van der Waals surface area contributed by atoms with E-state index in [1.807, 2.05) is 25.1 Å². The molecule has 1 aromatic rings. The van der Waals surface area contributed by atoms with Crippen molar-refractivity contribution in [1.82, 2.24) is 0 Å². The van der Waals surface area contributed by atoms with Gasteiger partial charge in [0, 0.05) is 10.0 Å². The third-order valence-corrected chi connectivity index (χ3v) is 3.14. The molecule has 1 atom stereocenters. The van der Waals surface area contributed by atoms with Crippen LogP contribution in [0, 0.1) is 0 Å². The summed E-state index contributed by atoms with van der Waals surface area (Å²) in [7, 11) is 0. The summed E-state index contributed by atoms with van der Waals surface area (Å²) in [5.74, 6) is 0.562. The van der Waals surface area contributed by atoms with Gasteiger partial charge < -0.3 is 4.74 Å². The van der Waals surface area contributed by atoms with E-state index in [-0.39, 0.29) is 5.78 Å². The van der Waals surface area contributed by atoms with Gasteiger partial charge in [-0.15, -0.1) is 11.6 Å². The highest BCUT2D eigenvalue weighted by Crippen LogP contribution is 2.36. The van der Waals surface area contributed by atoms with Crippen molar-refractivity contribution < 1.29 is 9.53 Å². The summed E-state index contributed by atoms with van der Waals surface area (Å²) in [6, 6.07) is 5.50. The van der Waals surface area contributed by atoms with Crippen LogP contribution in [0.3, 0.4) is 0 Å². The van der Waals surface area contributed by atoms with Gasteiger partial charge in [-0.05, 0) is 26.0 Å². The lowest BCUT2D eigenvalue weighted by atomic mass is 10.1. The molecule has 15 heavy (non-hydrogen) atoms. The van der Waals surface area contributed by atoms with E-state index in [1.165, 1.54) is 6.92 Å². The van der Waals surface area contributed by atoms with E-state index in [1.54, 1.807) is 0 Å². The molecule has 0 bridgehead atoms. The Hall–Kier alpha value is -0.540. The predicted octanol–water partition coefficient (Wildman–Crippen LogP) is 3.72. The molecule has 1 rings (SSSR count). The Morgan fingerprint density at radius 1 is 1.60 bits per heavy atom. The van der Waals surface area contributed by atoms with E-state index in [4.69, 9.17) is 16.3 Å². The van der Waals surface area contributed by atoms with Crippen molar-refractivity contribution >= 4 is 33.3 Å². The highest BCUT2D eigenvalue weighted by molar-refractivity contribution is 9.10. The lowest BCUT2D eigenvalue weighted by molar-refractivity contribution is -0.116. The van der Waals surface area contributed by atoms with Crippen LogP contribution in [0.5, 0.6) is 5.75 Å². The third-order valence-electron chi connectivity index (χ3n) is 1.92. The Kier molecular flexibility index (Phi) is 4.61. The molecule has 0 aliphatic heterocycles. The van der Waals surface area contributed by atoms with Crippen molar-refractivity contribution in [3.63, 3.8) is 0 Å². The second kappa shape index (κ2) is 5.52. The number of alkyl halides is 1. The monoisotopic (exact) mass is 290 g/mol. The Morgan fingerprint density at radius 3 is 2.80 bits per heavy atom. The number of ketones is 1. The van der Waals surface area contributed by atoms with Gasteiger partial charge in [0.25, 0.3) is 0 Å². The van der Waals surface area contributed by atoms with Crippen molar-refractivity contribution in [1.29, 1.82) is 0 Å². The van der Waals surface area contributed by atoms with Crippen LogP contribution in [0.4, 0.5) is 0 Å². The molecule has 0 N–H and O–H groups in total. The van der Waals surface area contributed by atoms with E-state index >= 15 is 0 Å². The van der Waals surface area contributed by atoms with E-state index in [0.29, 0.717) is 17.9 Å². The summed E-state index contributed by atoms with van der Waals surface area (Å²) in [6.45, 7) is 3.90. The average Bonchev–Trinajstić information content (AvgIpc) is 2.17. The van der Waals surface area contributed by atoms with Gasteiger partial charge >= 0.3 is 0 Å². The van der Waals surface area contributed by atoms with Gasteiger partial charge in [0.15, 0.2) is 5.78 Å². The summed E-state index contributed by atoms with van der Waals surface area (Å²) >= 11 is 9.40. The number of halogens is 2. The number of benzene rings is 1. The minimum Gasteiger partial charge on any atom is -0.493 e. The molecular weight excluding hydrogens is 279 g/mol. The fraction of sp³-hybridized carbons (Fsp3) is 0.364. The van der Waals surface area contributed by atoms with Crippen LogP contribution in [-0.2, 0) is 4.79 Å². The molecule has 0 aliphatic carbocycles. The number of hydrogen-bond acceptors (Lipinski definition) is 2. The second-order valence-corrected chi connectivity index (χ2v) is 4.35. The molecule has 0 fully saturated rings. The number of Topliss-reactive ketones (excluding diaryl/α,β-unsaturated/α-hetero) is 1. The summed E-state index contributed by atoms with van der Waals surface area (Å²) < 4.78 is 6.22. The highest BCUT2D eigenvalue weighted by atomic mass is 79.9. The molecule has 82 valence electrons. The SMILES string of the molecule is CCOc1cccc(Br)c1C(Cl)C(C)=O. The minimum atomic E-state index is -0.665. The Labute approximate surface area is 103 Å². The lowest BCUT2D eigenvalue weighted by Crippen LogP contribution is -2.06. The maximum absolute atomic E-state index is 11.2. The van der Waals surface area contributed by atoms with Gasteiger partial charge in [-0.3, -0.25) is 4.79 Å². The fourth-order valence-electron chi connectivity index (χ4n) is 1.25. The molecule has 0 aliphatic rings. The Balaban J connectivity index is 3.17. The van der Waals surface area contributed by atoms with Crippen LogP contribution in [-0.4, -0.2) is 12.4 Å². The van der Waals surface area contributed by atoms with Crippen LogP contribution >= 0.6 is 27.5 Å². The smallest absolute Gasteiger partial charge is 0.152 e. The molecule has 0 heterocycles. The van der Waals surface area contributed by atoms with Crippen molar-refractivity contribution in [2.24, 2.45) is 0 Å². The number of ether oxygens (including phenoxy) is 1. The van der Waals surface area contributed by atoms with Crippen molar-refractivity contribution in [3.05, 3.63) is 28.2 Å². The van der Waals surface area contributed by atoms with Gasteiger partial charge in [0.05, 0.1) is 6.61 Å². The fourth-order valence-corrected chi connectivity index (χ4v) is 2.18. The zero-order valence-corrected chi connectivity index (χ0v) is 10.9. The maximum atomic E-state index is 11.2. The second-order valence-electron chi connectivity index (χ2n) is 3.06. The topological polar surface area (TPSA) is 26.3 Å². The van der Waals surface area contributed by atoms with Crippen LogP contribution in [0.15, 0.2) is 22.7 Å². The van der Waals surface area contributed by atoms with E-state index in [9.17, 15) is 4.79 Å². The minimum absolute atomic E-state index is 0.0930. The standard InChI is InChI=1S/C11H12BrClO2/c1-3-15-9-6-4-5-8(12)10(9)11(13)7(2)14/h4-6,11H,3H2,1-2H3. The quantitative estimate of drug-likeness (QED) is 0.790. The molecule has 1 unspecified atom stereocenters. The zero-order valence-electron chi connectivity index (χ0n) is 8.59. The van der Waals surface area contributed by atoms with Crippen LogP contribution < -0.4 is 4.74 Å². The summed E-state index contributed by atoms with van der Waals surface area (Å²) in [5.41, 5.74) is 0.702. The van der Waals surface area contributed by atoms with E-state index in [2.05, 4.69) is 15.9 Å². The van der Waals surface area contributed by atoms with Crippen molar-refractivity contribution in [2.45, 2.75) is 19.2 Å².